The number of hydrogen-bond donors (Lipinski definition) is 1. The van der Waals surface area contributed by atoms with Gasteiger partial charge < -0.3 is 10.1 Å². The van der Waals surface area contributed by atoms with Gasteiger partial charge in [0.05, 0.1) is 5.03 Å². The fourth-order valence-corrected chi connectivity index (χ4v) is 2.90. The first-order valence-electron chi connectivity index (χ1n) is 6.43. The number of benzene rings is 2. The molecule has 0 atom stereocenters. The van der Waals surface area contributed by atoms with Gasteiger partial charge in [-0.05, 0) is 55.0 Å². The Morgan fingerprint density at radius 1 is 0.950 bits per heavy atom. The monoisotopic (exact) mass is 303 g/mol. The summed E-state index contributed by atoms with van der Waals surface area (Å²) < 4.78 is 5.75. The van der Waals surface area contributed by atoms with Crippen LogP contribution < -0.4 is 10.1 Å². The van der Waals surface area contributed by atoms with Crippen molar-refractivity contribution in [1.82, 2.24) is 0 Å². The summed E-state index contributed by atoms with van der Waals surface area (Å²) in [5.41, 5.74) is 1.08. The van der Waals surface area contributed by atoms with Crippen molar-refractivity contribution in [1.29, 1.82) is 0 Å². The predicted molar refractivity (Wildman–Crippen MR) is 86.7 cm³/mol. The molecule has 0 saturated carbocycles. The van der Waals surface area contributed by atoms with Crippen LogP contribution in [-0.4, -0.2) is 5.75 Å². The summed E-state index contributed by atoms with van der Waals surface area (Å²) in [7, 11) is 0. The van der Waals surface area contributed by atoms with Gasteiger partial charge in [0.15, 0.2) is 0 Å². The van der Waals surface area contributed by atoms with Crippen LogP contribution in [0.2, 0.25) is 5.02 Å². The second-order valence-corrected chi connectivity index (χ2v) is 5.98. The molecule has 0 radical (unpaired) electrons. The molecule has 0 unspecified atom stereocenters. The average Bonchev–Trinajstić information content (AvgIpc) is 2.96. The normalized spacial score (nSPS) is 13.9. The van der Waals surface area contributed by atoms with Crippen molar-refractivity contribution in [3.8, 4) is 11.5 Å². The molecular weight excluding hydrogens is 290 g/mol. The summed E-state index contributed by atoms with van der Waals surface area (Å²) in [6.45, 7) is 0. The van der Waals surface area contributed by atoms with Crippen LogP contribution in [0.1, 0.15) is 6.42 Å². The molecule has 0 bridgehead atoms. The fraction of sp³-hybridized carbons (Fsp3) is 0.125. The van der Waals surface area contributed by atoms with E-state index in [0.717, 1.165) is 23.6 Å². The number of ether oxygens (including phenoxy) is 1. The lowest BCUT2D eigenvalue weighted by molar-refractivity contribution is 0.483. The first kappa shape index (κ1) is 13.4. The van der Waals surface area contributed by atoms with E-state index in [4.69, 9.17) is 16.3 Å². The van der Waals surface area contributed by atoms with E-state index in [1.165, 1.54) is 10.8 Å². The summed E-state index contributed by atoms with van der Waals surface area (Å²) in [5, 5.41) is 5.33. The molecule has 0 aliphatic carbocycles. The van der Waals surface area contributed by atoms with Crippen molar-refractivity contribution in [3.63, 3.8) is 0 Å². The van der Waals surface area contributed by atoms with E-state index in [-0.39, 0.29) is 0 Å². The summed E-state index contributed by atoms with van der Waals surface area (Å²) >= 11 is 7.70. The van der Waals surface area contributed by atoms with Gasteiger partial charge in [0.25, 0.3) is 0 Å². The maximum atomic E-state index is 5.85. The van der Waals surface area contributed by atoms with Crippen LogP contribution >= 0.6 is 23.4 Å². The molecule has 20 heavy (non-hydrogen) atoms. The average molecular weight is 304 g/mol. The Morgan fingerprint density at radius 3 is 2.20 bits per heavy atom. The van der Waals surface area contributed by atoms with Crippen LogP contribution in [-0.2, 0) is 0 Å². The standard InChI is InChI=1S/C16H14ClNOS/c17-12-3-7-14(8-4-12)19-15-9-5-13(6-10-15)18-16-2-1-11-20-16/h2-10,18H,1,11H2. The van der Waals surface area contributed by atoms with Gasteiger partial charge in [-0.3, -0.25) is 0 Å². The van der Waals surface area contributed by atoms with Gasteiger partial charge in [0.1, 0.15) is 11.5 Å². The second kappa shape index (κ2) is 6.25. The molecule has 0 fully saturated rings. The number of nitrogens with one attached hydrogen (secondary N) is 1. The summed E-state index contributed by atoms with van der Waals surface area (Å²) in [4.78, 5) is 0. The van der Waals surface area contributed by atoms with Crippen LogP contribution in [0.15, 0.2) is 59.6 Å². The SMILES string of the molecule is Clc1ccc(Oc2ccc(NC3=CCCS3)cc2)cc1. The van der Waals surface area contributed by atoms with Crippen molar-refractivity contribution >= 4 is 29.1 Å². The Balaban J connectivity index is 1.65. The molecule has 102 valence electrons. The molecule has 2 nitrogen and oxygen atoms in total. The zero-order valence-electron chi connectivity index (χ0n) is 10.8. The lowest BCUT2D eigenvalue weighted by atomic mass is 10.3. The predicted octanol–water partition coefficient (Wildman–Crippen LogP) is 5.52. The van der Waals surface area contributed by atoms with E-state index in [1.807, 2.05) is 60.3 Å². The van der Waals surface area contributed by atoms with Crippen molar-refractivity contribution in [2.24, 2.45) is 0 Å². The summed E-state index contributed by atoms with van der Waals surface area (Å²) in [6.07, 6.45) is 3.37. The summed E-state index contributed by atoms with van der Waals surface area (Å²) in [6, 6.07) is 15.3. The molecule has 1 N–H and O–H groups in total. The zero-order chi connectivity index (χ0) is 13.8. The number of thioether (sulfide) groups is 1. The quantitative estimate of drug-likeness (QED) is 0.803. The molecule has 0 saturated heterocycles. The minimum Gasteiger partial charge on any atom is -0.457 e. The van der Waals surface area contributed by atoms with Crippen molar-refractivity contribution in [2.75, 3.05) is 11.1 Å². The molecule has 0 spiro atoms. The second-order valence-electron chi connectivity index (χ2n) is 4.41. The fourth-order valence-electron chi connectivity index (χ4n) is 1.89. The third kappa shape index (κ3) is 3.50. The van der Waals surface area contributed by atoms with Crippen LogP contribution in [0.5, 0.6) is 11.5 Å². The van der Waals surface area contributed by atoms with Crippen molar-refractivity contribution < 1.29 is 4.74 Å². The molecule has 0 aromatic heterocycles. The Bertz CT molecular complexity index is 607. The third-order valence-electron chi connectivity index (χ3n) is 2.88. The molecule has 2 aromatic rings. The van der Waals surface area contributed by atoms with Gasteiger partial charge in [-0.2, -0.15) is 0 Å². The molecule has 3 rings (SSSR count). The van der Waals surface area contributed by atoms with Crippen molar-refractivity contribution in [3.05, 3.63) is 64.7 Å². The zero-order valence-corrected chi connectivity index (χ0v) is 12.4. The summed E-state index contributed by atoms with van der Waals surface area (Å²) in [5.74, 6) is 2.76. The number of anilines is 1. The Morgan fingerprint density at radius 2 is 1.60 bits per heavy atom. The van der Waals surface area contributed by atoms with E-state index < -0.39 is 0 Å². The van der Waals surface area contributed by atoms with Gasteiger partial charge in [-0.15, -0.1) is 11.8 Å². The van der Waals surface area contributed by atoms with Crippen LogP contribution in [0.3, 0.4) is 0 Å². The molecule has 0 amide bonds. The van der Waals surface area contributed by atoms with Crippen LogP contribution in [0.25, 0.3) is 0 Å². The number of halogens is 1. The third-order valence-corrected chi connectivity index (χ3v) is 4.15. The number of rotatable bonds is 4. The first-order chi connectivity index (χ1) is 9.79. The van der Waals surface area contributed by atoms with Crippen molar-refractivity contribution in [2.45, 2.75) is 6.42 Å². The van der Waals surface area contributed by atoms with Gasteiger partial charge in [-0.1, -0.05) is 17.7 Å². The lowest BCUT2D eigenvalue weighted by Gasteiger charge is -2.09. The van der Waals surface area contributed by atoms with Gasteiger partial charge in [0, 0.05) is 16.5 Å². The molecule has 2 aromatic carbocycles. The highest BCUT2D eigenvalue weighted by molar-refractivity contribution is 8.03. The molecule has 1 aliphatic rings. The lowest BCUT2D eigenvalue weighted by Crippen LogP contribution is -1.93. The molecule has 1 heterocycles. The maximum Gasteiger partial charge on any atom is 0.127 e. The number of hydrogen-bond acceptors (Lipinski definition) is 3. The maximum absolute atomic E-state index is 5.85. The Kier molecular flexibility index (Phi) is 4.19. The van der Waals surface area contributed by atoms with E-state index >= 15 is 0 Å². The Hall–Kier alpha value is -1.58. The van der Waals surface area contributed by atoms with Gasteiger partial charge >= 0.3 is 0 Å². The smallest absolute Gasteiger partial charge is 0.127 e. The van der Waals surface area contributed by atoms with E-state index in [9.17, 15) is 0 Å². The molecular formula is C16H14ClNOS. The number of allylic oxidation sites excluding steroid dienone is 1. The van der Waals surface area contributed by atoms with E-state index in [1.54, 1.807) is 0 Å². The highest BCUT2D eigenvalue weighted by Crippen LogP contribution is 2.28. The highest BCUT2D eigenvalue weighted by atomic mass is 35.5. The minimum atomic E-state index is 0.708. The topological polar surface area (TPSA) is 21.3 Å². The molecule has 4 heteroatoms. The van der Waals surface area contributed by atoms with Gasteiger partial charge in [-0.25, -0.2) is 0 Å². The minimum absolute atomic E-state index is 0.708. The Labute approximate surface area is 127 Å². The molecule has 1 aliphatic heterocycles. The van der Waals surface area contributed by atoms with Crippen LogP contribution in [0.4, 0.5) is 5.69 Å². The van der Waals surface area contributed by atoms with E-state index in [0.29, 0.717) is 5.02 Å². The largest absolute Gasteiger partial charge is 0.457 e. The highest BCUT2D eigenvalue weighted by Gasteiger charge is 2.05. The van der Waals surface area contributed by atoms with Gasteiger partial charge in [0.2, 0.25) is 0 Å². The van der Waals surface area contributed by atoms with Crippen LogP contribution in [0, 0.1) is 0 Å². The van der Waals surface area contributed by atoms with E-state index in [2.05, 4.69) is 11.4 Å². The first-order valence-corrected chi connectivity index (χ1v) is 7.79.